The van der Waals surface area contributed by atoms with Gasteiger partial charge in [-0.15, -0.1) is 0 Å². The molecule has 1 saturated carbocycles. The van der Waals surface area contributed by atoms with Gasteiger partial charge in [0, 0.05) is 34.0 Å². The van der Waals surface area contributed by atoms with Crippen LogP contribution in [0.25, 0.3) is 22.0 Å². The number of ether oxygens (including phenoxy) is 2. The lowest BCUT2D eigenvalue weighted by molar-refractivity contribution is 0.353. The molecule has 1 aliphatic rings. The van der Waals surface area contributed by atoms with Crippen molar-refractivity contribution in [3.63, 3.8) is 0 Å². The zero-order valence-electron chi connectivity index (χ0n) is 18.1. The number of hydrogen-bond donors (Lipinski definition) is 2. The van der Waals surface area contributed by atoms with E-state index in [-0.39, 0.29) is 6.01 Å². The van der Waals surface area contributed by atoms with E-state index < -0.39 is 0 Å². The maximum absolute atomic E-state index is 5.47. The minimum atomic E-state index is 0.264. The molecule has 9 heteroatoms. The third kappa shape index (κ3) is 4.90. The summed E-state index contributed by atoms with van der Waals surface area (Å²) in [5, 5.41) is 4.62. The second kappa shape index (κ2) is 9.54. The highest BCUT2D eigenvalue weighted by atomic mass is 79.9. The van der Waals surface area contributed by atoms with E-state index in [0.717, 1.165) is 42.8 Å². The molecule has 1 fully saturated rings. The summed E-state index contributed by atoms with van der Waals surface area (Å²) >= 11 is 5.18. The lowest BCUT2D eigenvalue weighted by Crippen LogP contribution is -2.06. The highest BCUT2D eigenvalue weighted by Gasteiger charge is 2.22. The fourth-order valence-corrected chi connectivity index (χ4v) is 4.71. The summed E-state index contributed by atoms with van der Waals surface area (Å²) in [7, 11) is 3.11. The molecule has 2 aromatic heterocycles. The topological polar surface area (TPSA) is 81.2 Å². The van der Waals surface area contributed by atoms with Gasteiger partial charge in [-0.1, -0.05) is 34.1 Å². The van der Waals surface area contributed by atoms with Crippen molar-refractivity contribution in [3.05, 3.63) is 59.3 Å². The Hall–Kier alpha value is -2.88. The molecule has 0 atom stereocenters. The van der Waals surface area contributed by atoms with E-state index in [1.165, 1.54) is 20.0 Å². The summed E-state index contributed by atoms with van der Waals surface area (Å²) in [6.07, 6.45) is 6.06. The van der Waals surface area contributed by atoms with Gasteiger partial charge >= 0.3 is 6.01 Å². The molecule has 0 radical (unpaired) electrons. The SMILES string of the molecule is COc1ncc(-c2ccc3c(Nc4cccc(Br)c4)c(SNC4CC4)cnc3c2)c(OC)n1. The monoisotopic (exact) mass is 523 g/mol. The lowest BCUT2D eigenvalue weighted by Gasteiger charge is -2.16. The van der Waals surface area contributed by atoms with Crippen LogP contribution in [0.5, 0.6) is 11.9 Å². The van der Waals surface area contributed by atoms with Gasteiger partial charge in [0.05, 0.1) is 35.9 Å². The van der Waals surface area contributed by atoms with Gasteiger partial charge in [0.25, 0.3) is 0 Å². The molecular weight excluding hydrogens is 502 g/mol. The standard InChI is InChI=1S/C24H22BrN5O2S/c1-31-23-19(12-27-24(29-23)32-2)14-6-9-18-20(10-14)26-13-21(33-30-16-7-8-16)22(18)28-17-5-3-4-15(25)11-17/h3-6,9-13,16,30H,7-8H2,1-2H3,(H,26,28). The lowest BCUT2D eigenvalue weighted by atomic mass is 10.0. The van der Waals surface area contributed by atoms with Crippen molar-refractivity contribution >= 4 is 50.2 Å². The number of halogens is 1. The van der Waals surface area contributed by atoms with E-state index in [9.17, 15) is 0 Å². The van der Waals surface area contributed by atoms with Gasteiger partial charge in [-0.05, 0) is 54.6 Å². The molecule has 2 aromatic carbocycles. The molecule has 0 aliphatic heterocycles. The Morgan fingerprint density at radius 3 is 2.67 bits per heavy atom. The van der Waals surface area contributed by atoms with Crippen molar-refractivity contribution in [1.29, 1.82) is 0 Å². The molecular formula is C24H22BrN5O2S. The Balaban J connectivity index is 1.57. The van der Waals surface area contributed by atoms with E-state index in [1.807, 2.05) is 36.5 Å². The Labute approximate surface area is 204 Å². The first kappa shape index (κ1) is 21.9. The zero-order valence-corrected chi connectivity index (χ0v) is 20.5. The van der Waals surface area contributed by atoms with Crippen LogP contribution in [0.2, 0.25) is 0 Å². The van der Waals surface area contributed by atoms with Crippen molar-refractivity contribution in [1.82, 2.24) is 19.7 Å². The van der Waals surface area contributed by atoms with E-state index in [0.29, 0.717) is 11.9 Å². The third-order valence-electron chi connectivity index (χ3n) is 5.26. The molecule has 0 saturated heterocycles. The molecule has 4 aromatic rings. The third-order valence-corrected chi connectivity index (χ3v) is 6.73. The number of pyridine rings is 1. The molecule has 0 amide bonds. The van der Waals surface area contributed by atoms with Crippen LogP contribution in [0.3, 0.4) is 0 Å². The molecule has 2 N–H and O–H groups in total. The van der Waals surface area contributed by atoms with Crippen molar-refractivity contribution in [3.8, 4) is 23.0 Å². The summed E-state index contributed by atoms with van der Waals surface area (Å²) in [5.74, 6) is 0.453. The van der Waals surface area contributed by atoms with Crippen molar-refractivity contribution < 1.29 is 9.47 Å². The number of nitrogens with zero attached hydrogens (tertiary/aromatic N) is 3. The predicted octanol–water partition coefficient (Wildman–Crippen LogP) is 5.97. The van der Waals surface area contributed by atoms with E-state index in [4.69, 9.17) is 14.5 Å². The zero-order chi connectivity index (χ0) is 22.8. The van der Waals surface area contributed by atoms with Crippen LogP contribution in [-0.2, 0) is 0 Å². The predicted molar refractivity (Wildman–Crippen MR) is 135 cm³/mol. The Morgan fingerprint density at radius 1 is 1.03 bits per heavy atom. The first-order valence-corrected chi connectivity index (χ1v) is 12.1. The van der Waals surface area contributed by atoms with E-state index in [2.05, 4.69) is 48.1 Å². The number of aromatic nitrogens is 3. The number of methoxy groups -OCH3 is 2. The highest BCUT2D eigenvalue weighted by Crippen LogP contribution is 2.38. The number of benzene rings is 2. The molecule has 7 nitrogen and oxygen atoms in total. The van der Waals surface area contributed by atoms with Gasteiger partial charge in [0.15, 0.2) is 0 Å². The molecule has 2 heterocycles. The van der Waals surface area contributed by atoms with Gasteiger partial charge in [-0.3, -0.25) is 9.71 Å². The van der Waals surface area contributed by atoms with Crippen LogP contribution < -0.4 is 19.5 Å². The fraction of sp³-hybridized carbons (Fsp3) is 0.208. The van der Waals surface area contributed by atoms with Crippen molar-refractivity contribution in [2.75, 3.05) is 19.5 Å². The number of nitrogens with one attached hydrogen (secondary N) is 2. The van der Waals surface area contributed by atoms with Gasteiger partial charge in [0.1, 0.15) is 0 Å². The number of fused-ring (bicyclic) bond motifs is 1. The number of anilines is 2. The first-order chi connectivity index (χ1) is 16.1. The van der Waals surface area contributed by atoms with Crippen LogP contribution in [0.1, 0.15) is 12.8 Å². The quantitative estimate of drug-likeness (QED) is 0.273. The minimum Gasteiger partial charge on any atom is -0.480 e. The smallest absolute Gasteiger partial charge is 0.319 e. The average molecular weight is 524 g/mol. The maximum atomic E-state index is 5.47. The molecule has 1 aliphatic carbocycles. The van der Waals surface area contributed by atoms with Gasteiger partial charge in [0.2, 0.25) is 5.88 Å². The summed E-state index contributed by atoms with van der Waals surface area (Å²) < 4.78 is 15.1. The summed E-state index contributed by atoms with van der Waals surface area (Å²) in [6, 6.07) is 15.1. The van der Waals surface area contributed by atoms with Gasteiger partial charge in [-0.25, -0.2) is 4.98 Å². The Bertz CT molecular complexity index is 1320. The molecule has 0 bridgehead atoms. The molecule has 33 heavy (non-hydrogen) atoms. The fourth-order valence-electron chi connectivity index (χ4n) is 3.41. The molecule has 168 valence electrons. The largest absolute Gasteiger partial charge is 0.480 e. The van der Waals surface area contributed by atoms with Crippen molar-refractivity contribution in [2.45, 2.75) is 23.8 Å². The second-order valence-corrected chi connectivity index (χ2v) is 9.43. The average Bonchev–Trinajstić information content (AvgIpc) is 3.67. The first-order valence-electron chi connectivity index (χ1n) is 10.5. The minimum absolute atomic E-state index is 0.264. The van der Waals surface area contributed by atoms with Gasteiger partial charge in [-0.2, -0.15) is 4.98 Å². The van der Waals surface area contributed by atoms with E-state index >= 15 is 0 Å². The highest BCUT2D eigenvalue weighted by molar-refractivity contribution is 9.10. The molecule has 5 rings (SSSR count). The molecule has 0 unspecified atom stereocenters. The Kier molecular flexibility index (Phi) is 6.34. The van der Waals surface area contributed by atoms with Crippen molar-refractivity contribution in [2.24, 2.45) is 0 Å². The van der Waals surface area contributed by atoms with Crippen LogP contribution in [0.4, 0.5) is 11.4 Å². The summed E-state index contributed by atoms with van der Waals surface area (Å²) in [6.45, 7) is 0. The summed E-state index contributed by atoms with van der Waals surface area (Å²) in [4.78, 5) is 14.4. The summed E-state index contributed by atoms with van der Waals surface area (Å²) in [5.41, 5.74) is 4.57. The maximum Gasteiger partial charge on any atom is 0.319 e. The molecule has 0 spiro atoms. The Morgan fingerprint density at radius 2 is 1.91 bits per heavy atom. The second-order valence-electron chi connectivity index (χ2n) is 7.64. The normalized spacial score (nSPS) is 13.2. The van der Waals surface area contributed by atoms with Crippen LogP contribution in [-0.4, -0.2) is 35.2 Å². The van der Waals surface area contributed by atoms with Crippen LogP contribution in [0.15, 0.2) is 64.2 Å². The van der Waals surface area contributed by atoms with E-state index in [1.54, 1.807) is 25.3 Å². The van der Waals surface area contributed by atoms with Crippen LogP contribution >= 0.6 is 27.9 Å². The number of hydrogen-bond acceptors (Lipinski definition) is 8. The number of rotatable bonds is 8. The van der Waals surface area contributed by atoms with Crippen LogP contribution in [0, 0.1) is 0 Å². The van der Waals surface area contributed by atoms with Gasteiger partial charge < -0.3 is 14.8 Å².